The normalized spacial score (nSPS) is 17.6. The predicted octanol–water partition coefficient (Wildman–Crippen LogP) is 2.92. The van der Waals surface area contributed by atoms with Gasteiger partial charge in [-0.25, -0.2) is 9.18 Å². The van der Waals surface area contributed by atoms with Crippen LogP contribution in [0.4, 0.5) is 9.18 Å². The first kappa shape index (κ1) is 15.1. The van der Waals surface area contributed by atoms with Gasteiger partial charge in [0, 0.05) is 10.6 Å². The van der Waals surface area contributed by atoms with Gasteiger partial charge in [0.2, 0.25) is 0 Å². The molecule has 0 aliphatic carbocycles. The number of halogens is 2. The fourth-order valence-electron chi connectivity index (χ4n) is 2.14. The summed E-state index contributed by atoms with van der Waals surface area (Å²) in [4.78, 5) is 13.1. The second kappa shape index (κ2) is 4.90. The van der Waals surface area contributed by atoms with Gasteiger partial charge < -0.3 is 14.7 Å². The molecule has 0 atom stereocenters. The van der Waals surface area contributed by atoms with Gasteiger partial charge in [0.05, 0.1) is 13.1 Å². The third-order valence-corrected chi connectivity index (χ3v) is 3.30. The zero-order valence-electron chi connectivity index (χ0n) is 11.6. The number of β-amino-alcohol motifs (C(OH)–C–C–N with tert-alkyl or cyclic N) is 1. The lowest BCUT2D eigenvalue weighted by atomic mass is 9.86. The second-order valence-corrected chi connectivity index (χ2v) is 6.37. The van der Waals surface area contributed by atoms with Crippen molar-refractivity contribution in [1.82, 2.24) is 4.90 Å². The number of amides is 1. The van der Waals surface area contributed by atoms with E-state index >= 15 is 0 Å². The van der Waals surface area contributed by atoms with E-state index < -0.39 is 23.1 Å². The molecule has 20 heavy (non-hydrogen) atoms. The Bertz CT molecular complexity index is 515. The highest BCUT2D eigenvalue weighted by Crippen LogP contribution is 2.38. The van der Waals surface area contributed by atoms with Crippen LogP contribution >= 0.6 is 11.6 Å². The minimum atomic E-state index is -1.46. The standard InChI is InChI=1S/C14H17ClFNO3/c1-13(2,3)20-12(18)17-7-14(19,8-17)11-9(15)5-4-6-10(11)16/h4-6,19H,7-8H2,1-3H3. The van der Waals surface area contributed by atoms with Crippen LogP contribution < -0.4 is 0 Å². The zero-order valence-corrected chi connectivity index (χ0v) is 12.4. The van der Waals surface area contributed by atoms with E-state index in [4.69, 9.17) is 16.3 Å². The Morgan fingerprint density at radius 2 is 2.05 bits per heavy atom. The number of ether oxygens (including phenoxy) is 1. The maximum absolute atomic E-state index is 13.8. The molecule has 1 saturated heterocycles. The van der Waals surface area contributed by atoms with E-state index in [-0.39, 0.29) is 23.7 Å². The van der Waals surface area contributed by atoms with Crippen molar-refractivity contribution < 1.29 is 19.0 Å². The van der Waals surface area contributed by atoms with Crippen LogP contribution in [0.3, 0.4) is 0 Å². The van der Waals surface area contributed by atoms with E-state index in [1.165, 1.54) is 23.1 Å². The smallest absolute Gasteiger partial charge is 0.410 e. The van der Waals surface area contributed by atoms with E-state index in [9.17, 15) is 14.3 Å². The summed E-state index contributed by atoms with van der Waals surface area (Å²) in [5, 5.41) is 10.5. The molecule has 0 radical (unpaired) electrons. The molecule has 110 valence electrons. The number of carbonyl (C=O) groups excluding carboxylic acids is 1. The van der Waals surface area contributed by atoms with Crippen molar-refractivity contribution in [3.05, 3.63) is 34.6 Å². The average molecular weight is 302 g/mol. The van der Waals surface area contributed by atoms with Crippen LogP contribution in [0, 0.1) is 5.82 Å². The van der Waals surface area contributed by atoms with Crippen molar-refractivity contribution in [3.8, 4) is 0 Å². The minimum Gasteiger partial charge on any atom is -0.444 e. The predicted molar refractivity (Wildman–Crippen MR) is 73.1 cm³/mol. The lowest BCUT2D eigenvalue weighted by molar-refractivity contribution is -0.105. The Balaban J connectivity index is 2.10. The van der Waals surface area contributed by atoms with E-state index in [1.54, 1.807) is 20.8 Å². The van der Waals surface area contributed by atoms with Gasteiger partial charge in [0.15, 0.2) is 0 Å². The van der Waals surface area contributed by atoms with Gasteiger partial charge in [-0.15, -0.1) is 0 Å². The molecule has 1 aliphatic rings. The highest BCUT2D eigenvalue weighted by molar-refractivity contribution is 6.31. The molecule has 0 saturated carbocycles. The Morgan fingerprint density at radius 1 is 1.45 bits per heavy atom. The van der Waals surface area contributed by atoms with E-state index in [1.807, 2.05) is 0 Å². The first-order valence-electron chi connectivity index (χ1n) is 6.27. The first-order valence-corrected chi connectivity index (χ1v) is 6.65. The van der Waals surface area contributed by atoms with Gasteiger partial charge >= 0.3 is 6.09 Å². The van der Waals surface area contributed by atoms with E-state index in [0.29, 0.717) is 0 Å². The van der Waals surface area contributed by atoms with E-state index in [2.05, 4.69) is 0 Å². The van der Waals surface area contributed by atoms with Crippen molar-refractivity contribution in [2.24, 2.45) is 0 Å². The highest BCUT2D eigenvalue weighted by Gasteiger charge is 2.48. The molecule has 6 heteroatoms. The summed E-state index contributed by atoms with van der Waals surface area (Å²) in [5.74, 6) is -0.580. The summed E-state index contributed by atoms with van der Waals surface area (Å²) in [7, 11) is 0. The maximum Gasteiger partial charge on any atom is 0.410 e. The number of benzene rings is 1. The monoisotopic (exact) mass is 301 g/mol. The van der Waals surface area contributed by atoms with Crippen LogP contribution in [-0.4, -0.2) is 34.8 Å². The van der Waals surface area contributed by atoms with Crippen LogP contribution in [0.25, 0.3) is 0 Å². The highest BCUT2D eigenvalue weighted by atomic mass is 35.5. The van der Waals surface area contributed by atoms with Crippen molar-refractivity contribution in [1.29, 1.82) is 0 Å². The molecule has 0 unspecified atom stereocenters. The lowest BCUT2D eigenvalue weighted by Crippen LogP contribution is -2.62. The molecular weight excluding hydrogens is 285 g/mol. The largest absolute Gasteiger partial charge is 0.444 e. The molecule has 0 bridgehead atoms. The third-order valence-electron chi connectivity index (χ3n) is 2.98. The Morgan fingerprint density at radius 3 is 2.55 bits per heavy atom. The van der Waals surface area contributed by atoms with Crippen molar-refractivity contribution in [3.63, 3.8) is 0 Å². The molecule has 4 nitrogen and oxygen atoms in total. The van der Waals surface area contributed by atoms with Gasteiger partial charge in [-0.2, -0.15) is 0 Å². The topological polar surface area (TPSA) is 49.8 Å². The molecule has 2 rings (SSSR count). The number of hydrogen-bond acceptors (Lipinski definition) is 3. The summed E-state index contributed by atoms with van der Waals surface area (Å²) < 4.78 is 19.0. The molecule has 0 spiro atoms. The van der Waals surface area contributed by atoms with Gasteiger partial charge in [0.25, 0.3) is 0 Å². The maximum atomic E-state index is 13.8. The summed E-state index contributed by atoms with van der Waals surface area (Å²) in [6.07, 6.45) is -0.533. The Labute approximate surface area is 122 Å². The molecule has 1 aromatic rings. The van der Waals surface area contributed by atoms with Crippen LogP contribution in [0.1, 0.15) is 26.3 Å². The van der Waals surface area contributed by atoms with Gasteiger partial charge in [-0.3, -0.25) is 0 Å². The first-order chi connectivity index (χ1) is 9.12. The van der Waals surface area contributed by atoms with Gasteiger partial charge in [-0.05, 0) is 32.9 Å². The molecule has 1 aromatic carbocycles. The molecular formula is C14H17ClFNO3. The van der Waals surface area contributed by atoms with Crippen molar-refractivity contribution >= 4 is 17.7 Å². The molecule has 1 amide bonds. The fourth-order valence-corrected chi connectivity index (χ4v) is 2.48. The number of aliphatic hydroxyl groups is 1. The molecule has 1 heterocycles. The summed E-state index contributed by atoms with van der Waals surface area (Å²) in [6.45, 7) is 5.19. The molecule has 1 fully saturated rings. The summed E-state index contributed by atoms with van der Waals surface area (Å²) in [5.41, 5.74) is -2.04. The Hall–Kier alpha value is -1.33. The second-order valence-electron chi connectivity index (χ2n) is 5.96. The van der Waals surface area contributed by atoms with E-state index in [0.717, 1.165) is 0 Å². The lowest BCUT2D eigenvalue weighted by Gasteiger charge is -2.46. The van der Waals surface area contributed by atoms with Gasteiger partial charge in [0.1, 0.15) is 17.0 Å². The van der Waals surface area contributed by atoms with Crippen LogP contribution in [0.2, 0.25) is 5.02 Å². The quantitative estimate of drug-likeness (QED) is 0.867. The summed E-state index contributed by atoms with van der Waals surface area (Å²) >= 11 is 5.93. The number of nitrogens with zero attached hydrogens (tertiary/aromatic N) is 1. The van der Waals surface area contributed by atoms with Crippen molar-refractivity contribution in [2.75, 3.05) is 13.1 Å². The minimum absolute atomic E-state index is 0.0291. The number of carbonyl (C=O) groups is 1. The average Bonchev–Trinajstić information content (AvgIpc) is 2.22. The Kier molecular flexibility index (Phi) is 3.69. The number of likely N-dealkylation sites (tertiary alicyclic amines) is 1. The molecule has 0 aromatic heterocycles. The number of hydrogen-bond donors (Lipinski definition) is 1. The van der Waals surface area contributed by atoms with Crippen LogP contribution in [0.5, 0.6) is 0 Å². The summed E-state index contributed by atoms with van der Waals surface area (Å²) in [6, 6.07) is 4.21. The third kappa shape index (κ3) is 2.88. The van der Waals surface area contributed by atoms with Crippen LogP contribution in [-0.2, 0) is 10.3 Å². The molecule has 1 N–H and O–H groups in total. The zero-order chi connectivity index (χ0) is 15.1. The van der Waals surface area contributed by atoms with Crippen molar-refractivity contribution in [2.45, 2.75) is 32.0 Å². The number of rotatable bonds is 1. The van der Waals surface area contributed by atoms with Crippen LogP contribution in [0.15, 0.2) is 18.2 Å². The molecule has 1 aliphatic heterocycles. The SMILES string of the molecule is CC(C)(C)OC(=O)N1CC(O)(c2c(F)cccc2Cl)C1. The van der Waals surface area contributed by atoms with Gasteiger partial charge in [-0.1, -0.05) is 17.7 Å². The fraction of sp³-hybridized carbons (Fsp3) is 0.500.